The summed E-state index contributed by atoms with van der Waals surface area (Å²) in [4.78, 5) is 16.9. The molecular formula is C20H20Cl2N4O2. The molecule has 1 aromatic carbocycles. The van der Waals surface area contributed by atoms with Gasteiger partial charge in [0, 0.05) is 17.1 Å². The normalized spacial score (nSPS) is 14.5. The minimum Gasteiger partial charge on any atom is -0.480 e. The van der Waals surface area contributed by atoms with Gasteiger partial charge in [-0.1, -0.05) is 36.0 Å². The molecule has 6 nitrogen and oxygen atoms in total. The van der Waals surface area contributed by atoms with E-state index in [-0.39, 0.29) is 12.5 Å². The molecule has 0 bridgehead atoms. The molecule has 0 spiro atoms. The Morgan fingerprint density at radius 2 is 2.04 bits per heavy atom. The van der Waals surface area contributed by atoms with E-state index in [4.69, 9.17) is 27.9 Å². The van der Waals surface area contributed by atoms with Gasteiger partial charge in [0.2, 0.25) is 0 Å². The van der Waals surface area contributed by atoms with Gasteiger partial charge in [0.25, 0.3) is 5.91 Å². The summed E-state index contributed by atoms with van der Waals surface area (Å²) in [6.07, 6.45) is 6.24. The van der Waals surface area contributed by atoms with E-state index in [0.717, 1.165) is 23.9 Å². The predicted molar refractivity (Wildman–Crippen MR) is 110 cm³/mol. The number of carbonyl (C=O) groups excluding carboxylic acids is 1. The van der Waals surface area contributed by atoms with Crippen LogP contribution >= 0.6 is 23.2 Å². The summed E-state index contributed by atoms with van der Waals surface area (Å²) in [6.45, 7) is 1.68. The first-order valence-corrected chi connectivity index (χ1v) is 10.00. The summed E-state index contributed by atoms with van der Waals surface area (Å²) in [5.41, 5.74) is 1.35. The van der Waals surface area contributed by atoms with Gasteiger partial charge in [0.1, 0.15) is 11.3 Å². The minimum absolute atomic E-state index is 0.193. The quantitative estimate of drug-likeness (QED) is 0.619. The summed E-state index contributed by atoms with van der Waals surface area (Å²) in [5.74, 6) is 0.748. The van der Waals surface area contributed by atoms with Crippen molar-refractivity contribution in [1.82, 2.24) is 14.8 Å². The van der Waals surface area contributed by atoms with Crippen LogP contribution in [0.5, 0.6) is 5.75 Å². The number of halogens is 2. The van der Waals surface area contributed by atoms with Gasteiger partial charge in [-0.25, -0.2) is 9.67 Å². The molecule has 0 saturated heterocycles. The average Bonchev–Trinajstić information content (AvgIpc) is 3.32. The van der Waals surface area contributed by atoms with E-state index in [0.29, 0.717) is 33.2 Å². The van der Waals surface area contributed by atoms with E-state index in [2.05, 4.69) is 15.4 Å². The van der Waals surface area contributed by atoms with Gasteiger partial charge in [-0.2, -0.15) is 5.10 Å². The summed E-state index contributed by atoms with van der Waals surface area (Å²) < 4.78 is 7.63. The second-order valence-electron chi connectivity index (χ2n) is 6.95. The molecule has 0 radical (unpaired) electrons. The smallest absolute Gasteiger partial charge is 0.263 e. The molecule has 0 atom stereocenters. The molecule has 1 amide bonds. The average molecular weight is 419 g/mol. The number of carbonyl (C=O) groups is 1. The fourth-order valence-corrected chi connectivity index (χ4v) is 4.17. The van der Waals surface area contributed by atoms with Crippen LogP contribution in [0.25, 0.3) is 10.9 Å². The van der Waals surface area contributed by atoms with Crippen LogP contribution < -0.4 is 10.1 Å². The van der Waals surface area contributed by atoms with Gasteiger partial charge in [-0.3, -0.25) is 4.79 Å². The SMILES string of the molecule is Cc1ccc2c(Cl)cc(Cl)c(OCC(=O)Nc3ccnn3C3CCCC3)c2n1. The number of benzene rings is 1. The highest BCUT2D eigenvalue weighted by Gasteiger charge is 2.21. The van der Waals surface area contributed by atoms with Gasteiger partial charge in [0.15, 0.2) is 12.4 Å². The van der Waals surface area contributed by atoms with Crippen LogP contribution in [0.3, 0.4) is 0 Å². The Balaban J connectivity index is 1.50. The zero-order chi connectivity index (χ0) is 19.7. The maximum Gasteiger partial charge on any atom is 0.263 e. The van der Waals surface area contributed by atoms with Crippen molar-refractivity contribution in [3.8, 4) is 5.75 Å². The third-order valence-corrected chi connectivity index (χ3v) is 5.53. The molecule has 146 valence electrons. The maximum atomic E-state index is 12.5. The number of rotatable bonds is 5. The van der Waals surface area contributed by atoms with E-state index in [1.165, 1.54) is 12.8 Å². The van der Waals surface area contributed by atoms with Gasteiger partial charge in [0.05, 0.1) is 22.3 Å². The molecule has 0 aliphatic heterocycles. The summed E-state index contributed by atoms with van der Waals surface area (Å²) in [6, 6.07) is 7.47. The van der Waals surface area contributed by atoms with Crippen LogP contribution in [0.1, 0.15) is 37.4 Å². The number of hydrogen-bond acceptors (Lipinski definition) is 4. The highest BCUT2D eigenvalue weighted by atomic mass is 35.5. The van der Waals surface area contributed by atoms with Gasteiger partial charge in [-0.05, 0) is 38.0 Å². The molecule has 2 aromatic heterocycles. The largest absolute Gasteiger partial charge is 0.480 e. The van der Waals surface area contributed by atoms with E-state index < -0.39 is 0 Å². The van der Waals surface area contributed by atoms with E-state index in [1.54, 1.807) is 18.3 Å². The molecule has 28 heavy (non-hydrogen) atoms. The molecule has 3 aromatic rings. The van der Waals surface area contributed by atoms with Crippen molar-refractivity contribution in [2.75, 3.05) is 11.9 Å². The minimum atomic E-state index is -0.286. The monoisotopic (exact) mass is 418 g/mol. The van der Waals surface area contributed by atoms with Gasteiger partial charge >= 0.3 is 0 Å². The Morgan fingerprint density at radius 3 is 2.82 bits per heavy atom. The number of fused-ring (bicyclic) bond motifs is 1. The zero-order valence-electron chi connectivity index (χ0n) is 15.4. The molecule has 1 aliphatic carbocycles. The lowest BCUT2D eigenvalue weighted by atomic mass is 10.2. The number of nitrogens with zero attached hydrogens (tertiary/aromatic N) is 3. The second kappa shape index (κ2) is 7.97. The lowest BCUT2D eigenvalue weighted by Gasteiger charge is -2.15. The van der Waals surface area contributed by atoms with Crippen molar-refractivity contribution >= 4 is 45.8 Å². The van der Waals surface area contributed by atoms with Crippen LogP contribution in [0.2, 0.25) is 10.0 Å². The van der Waals surface area contributed by atoms with Crippen LogP contribution in [0, 0.1) is 6.92 Å². The molecule has 1 N–H and O–H groups in total. The zero-order valence-corrected chi connectivity index (χ0v) is 16.9. The van der Waals surface area contributed by atoms with Crippen LogP contribution in [-0.4, -0.2) is 27.3 Å². The fourth-order valence-electron chi connectivity index (χ4n) is 3.60. The van der Waals surface area contributed by atoms with E-state index in [1.807, 2.05) is 23.7 Å². The summed E-state index contributed by atoms with van der Waals surface area (Å²) in [7, 11) is 0. The maximum absolute atomic E-state index is 12.5. The number of anilines is 1. The van der Waals surface area contributed by atoms with Crippen molar-refractivity contribution < 1.29 is 9.53 Å². The van der Waals surface area contributed by atoms with Gasteiger partial charge in [-0.15, -0.1) is 0 Å². The van der Waals surface area contributed by atoms with Crippen molar-refractivity contribution in [3.05, 3.63) is 46.2 Å². The first-order valence-electron chi connectivity index (χ1n) is 9.24. The van der Waals surface area contributed by atoms with Crippen molar-refractivity contribution in [2.24, 2.45) is 0 Å². The summed E-state index contributed by atoms with van der Waals surface area (Å²) >= 11 is 12.6. The molecule has 1 saturated carbocycles. The number of aryl methyl sites for hydroxylation is 1. The van der Waals surface area contributed by atoms with Crippen LogP contribution in [-0.2, 0) is 4.79 Å². The first-order chi connectivity index (χ1) is 13.5. The van der Waals surface area contributed by atoms with Crippen molar-refractivity contribution in [3.63, 3.8) is 0 Å². The number of pyridine rings is 1. The molecule has 8 heteroatoms. The Morgan fingerprint density at radius 1 is 1.25 bits per heavy atom. The van der Waals surface area contributed by atoms with Gasteiger partial charge < -0.3 is 10.1 Å². The number of hydrogen-bond donors (Lipinski definition) is 1. The first kappa shape index (κ1) is 19.0. The molecule has 2 heterocycles. The van der Waals surface area contributed by atoms with E-state index in [9.17, 15) is 4.79 Å². The molecular weight excluding hydrogens is 399 g/mol. The predicted octanol–water partition coefficient (Wildman–Crippen LogP) is 5.18. The Kier molecular flexibility index (Phi) is 5.42. The summed E-state index contributed by atoms with van der Waals surface area (Å²) in [5, 5.41) is 8.77. The third-order valence-electron chi connectivity index (χ3n) is 4.93. The highest BCUT2D eigenvalue weighted by Crippen LogP contribution is 2.37. The topological polar surface area (TPSA) is 69.0 Å². The van der Waals surface area contributed by atoms with Crippen molar-refractivity contribution in [1.29, 1.82) is 0 Å². The highest BCUT2D eigenvalue weighted by molar-refractivity contribution is 6.39. The number of amides is 1. The lowest BCUT2D eigenvalue weighted by molar-refractivity contribution is -0.118. The Bertz CT molecular complexity index is 1030. The third kappa shape index (κ3) is 3.80. The standard InChI is InChI=1S/C20H20Cl2N4O2/c1-12-6-7-14-15(21)10-16(22)20(19(14)24-12)28-11-18(27)25-17-8-9-23-26(17)13-4-2-3-5-13/h6-10,13H,2-5,11H2,1H3,(H,25,27). The molecule has 1 fully saturated rings. The van der Waals surface area contributed by atoms with E-state index >= 15 is 0 Å². The number of ether oxygens (including phenoxy) is 1. The number of nitrogens with one attached hydrogen (secondary N) is 1. The molecule has 4 rings (SSSR count). The van der Waals surface area contributed by atoms with Crippen LogP contribution in [0.15, 0.2) is 30.5 Å². The fraction of sp³-hybridized carbons (Fsp3) is 0.350. The lowest BCUT2D eigenvalue weighted by Crippen LogP contribution is -2.23. The number of aromatic nitrogens is 3. The Hall–Kier alpha value is -2.31. The molecule has 0 unspecified atom stereocenters. The Labute approximate surface area is 172 Å². The molecule has 1 aliphatic rings. The van der Waals surface area contributed by atoms with Crippen LogP contribution in [0.4, 0.5) is 5.82 Å². The van der Waals surface area contributed by atoms with Crippen molar-refractivity contribution in [2.45, 2.75) is 38.6 Å². The second-order valence-corrected chi connectivity index (χ2v) is 7.77.